The third-order valence-corrected chi connectivity index (χ3v) is 3.53. The second kappa shape index (κ2) is 5.69. The first-order valence-corrected chi connectivity index (χ1v) is 6.38. The van der Waals surface area contributed by atoms with Gasteiger partial charge in [0.05, 0.1) is 0 Å². The van der Waals surface area contributed by atoms with E-state index in [9.17, 15) is 0 Å². The third-order valence-electron chi connectivity index (χ3n) is 3.53. The molecule has 0 aromatic rings. The number of rotatable bonds is 4. The van der Waals surface area contributed by atoms with Crippen LogP contribution in [0.1, 0.15) is 41.0 Å². The summed E-state index contributed by atoms with van der Waals surface area (Å²) >= 11 is 0. The zero-order valence-electron chi connectivity index (χ0n) is 11.0. The van der Waals surface area contributed by atoms with Gasteiger partial charge in [0.15, 0.2) is 0 Å². The first-order chi connectivity index (χ1) is 7.00. The molecule has 1 aliphatic carbocycles. The maximum Gasteiger partial charge on any atom is -0.00122 e. The highest BCUT2D eigenvalue weighted by molar-refractivity contribution is 5.08. The van der Waals surface area contributed by atoms with Crippen LogP contribution in [0.15, 0.2) is 11.6 Å². The summed E-state index contributed by atoms with van der Waals surface area (Å²) in [5, 5.41) is 3.60. The quantitative estimate of drug-likeness (QED) is 0.699. The second-order valence-corrected chi connectivity index (χ2v) is 5.77. The summed E-state index contributed by atoms with van der Waals surface area (Å²) in [5.74, 6) is 3.17. The summed E-state index contributed by atoms with van der Waals surface area (Å²) in [6.45, 7) is 13.9. The predicted octanol–water partition coefficient (Wildman–Crippen LogP) is 3.47. The lowest BCUT2D eigenvalue weighted by molar-refractivity contribution is 0.258. The van der Waals surface area contributed by atoms with Gasteiger partial charge in [-0.2, -0.15) is 0 Å². The van der Waals surface area contributed by atoms with Crippen molar-refractivity contribution in [1.29, 1.82) is 0 Å². The van der Waals surface area contributed by atoms with E-state index in [-0.39, 0.29) is 0 Å². The van der Waals surface area contributed by atoms with Gasteiger partial charge in [0.1, 0.15) is 0 Å². The molecule has 0 saturated heterocycles. The van der Waals surface area contributed by atoms with Crippen molar-refractivity contribution in [3.8, 4) is 0 Å². The number of hydrogen-bond acceptors (Lipinski definition) is 1. The van der Waals surface area contributed by atoms with Crippen molar-refractivity contribution >= 4 is 0 Å². The fourth-order valence-electron chi connectivity index (χ4n) is 2.74. The fraction of sp³-hybridized carbons (Fsp3) is 0.857. The van der Waals surface area contributed by atoms with Gasteiger partial charge in [-0.15, -0.1) is 0 Å². The monoisotopic (exact) mass is 209 g/mol. The Kier molecular flexibility index (Phi) is 4.85. The van der Waals surface area contributed by atoms with Crippen molar-refractivity contribution in [2.24, 2.45) is 23.7 Å². The van der Waals surface area contributed by atoms with Gasteiger partial charge in [0, 0.05) is 0 Å². The molecular weight excluding hydrogens is 182 g/mol. The van der Waals surface area contributed by atoms with Gasteiger partial charge >= 0.3 is 0 Å². The lowest BCUT2D eigenvalue weighted by Gasteiger charge is -2.33. The van der Waals surface area contributed by atoms with Gasteiger partial charge in [-0.25, -0.2) is 0 Å². The molecule has 0 unspecified atom stereocenters. The summed E-state index contributed by atoms with van der Waals surface area (Å²) in [7, 11) is 0. The maximum atomic E-state index is 3.60. The van der Waals surface area contributed by atoms with Crippen LogP contribution in [0.2, 0.25) is 0 Å². The first-order valence-electron chi connectivity index (χ1n) is 6.38. The Morgan fingerprint density at radius 3 is 2.60 bits per heavy atom. The second-order valence-electron chi connectivity index (χ2n) is 5.77. The van der Waals surface area contributed by atoms with E-state index in [1.807, 2.05) is 0 Å². The van der Waals surface area contributed by atoms with Crippen molar-refractivity contribution in [1.82, 2.24) is 5.32 Å². The van der Waals surface area contributed by atoms with E-state index in [0.29, 0.717) is 0 Å². The Balaban J connectivity index is 2.40. The highest BCUT2D eigenvalue weighted by atomic mass is 14.9. The minimum Gasteiger partial charge on any atom is -0.316 e. The molecule has 88 valence electrons. The van der Waals surface area contributed by atoms with E-state index in [2.05, 4.69) is 46.0 Å². The van der Waals surface area contributed by atoms with Crippen LogP contribution in [0.3, 0.4) is 0 Å². The minimum absolute atomic E-state index is 0.744. The van der Waals surface area contributed by atoms with E-state index >= 15 is 0 Å². The molecular formula is C14H27N. The van der Waals surface area contributed by atoms with E-state index in [0.717, 1.165) is 30.2 Å². The lowest BCUT2D eigenvalue weighted by Crippen LogP contribution is -2.34. The number of nitrogens with one attached hydrogen (secondary N) is 1. The van der Waals surface area contributed by atoms with Gasteiger partial charge in [0.2, 0.25) is 0 Å². The molecule has 0 aliphatic heterocycles. The van der Waals surface area contributed by atoms with Gasteiger partial charge in [-0.3, -0.25) is 0 Å². The Morgan fingerprint density at radius 1 is 1.40 bits per heavy atom. The summed E-state index contributed by atoms with van der Waals surface area (Å²) in [6, 6.07) is 0. The molecule has 1 aliphatic rings. The highest BCUT2D eigenvalue weighted by Crippen LogP contribution is 2.32. The van der Waals surface area contributed by atoms with Crippen molar-refractivity contribution in [3.05, 3.63) is 11.6 Å². The molecule has 1 heteroatoms. The van der Waals surface area contributed by atoms with E-state index in [4.69, 9.17) is 0 Å². The minimum atomic E-state index is 0.744. The van der Waals surface area contributed by atoms with Crippen LogP contribution in [0.4, 0.5) is 0 Å². The molecule has 0 aromatic carbocycles. The molecule has 1 nitrogen and oxygen atoms in total. The number of allylic oxidation sites excluding steroid dienone is 2. The molecule has 3 atom stereocenters. The summed E-state index contributed by atoms with van der Waals surface area (Å²) in [6.07, 6.45) is 3.75. The molecule has 1 N–H and O–H groups in total. The standard InChI is InChI=1S/C14H27N/c1-10(2)8-15-9-14-12(4)6-11(3)7-13(14)5/h6,10,12-15H,7-9H2,1-5H3/t12-,13-,14+/m0/s1. The van der Waals surface area contributed by atoms with Crippen LogP contribution in [-0.2, 0) is 0 Å². The molecule has 0 spiro atoms. The first kappa shape index (κ1) is 12.8. The van der Waals surface area contributed by atoms with Gasteiger partial charge in [-0.05, 0) is 50.1 Å². The van der Waals surface area contributed by atoms with Crippen LogP contribution in [0.5, 0.6) is 0 Å². The maximum absolute atomic E-state index is 3.60. The Hall–Kier alpha value is -0.300. The summed E-state index contributed by atoms with van der Waals surface area (Å²) < 4.78 is 0. The average molecular weight is 209 g/mol. The van der Waals surface area contributed by atoms with E-state index < -0.39 is 0 Å². The Morgan fingerprint density at radius 2 is 2.07 bits per heavy atom. The van der Waals surface area contributed by atoms with E-state index in [1.165, 1.54) is 13.0 Å². The Bertz CT molecular complexity index is 217. The molecule has 0 heterocycles. The molecule has 0 saturated carbocycles. The van der Waals surface area contributed by atoms with Crippen molar-refractivity contribution in [2.75, 3.05) is 13.1 Å². The third kappa shape index (κ3) is 3.98. The van der Waals surface area contributed by atoms with Crippen LogP contribution < -0.4 is 5.32 Å². The Labute approximate surface area is 95.3 Å². The fourth-order valence-corrected chi connectivity index (χ4v) is 2.74. The molecule has 1 rings (SSSR count). The van der Waals surface area contributed by atoms with Crippen molar-refractivity contribution in [3.63, 3.8) is 0 Å². The zero-order chi connectivity index (χ0) is 11.4. The summed E-state index contributed by atoms with van der Waals surface area (Å²) in [5.41, 5.74) is 1.58. The molecule has 0 amide bonds. The summed E-state index contributed by atoms with van der Waals surface area (Å²) in [4.78, 5) is 0. The van der Waals surface area contributed by atoms with Crippen LogP contribution in [0, 0.1) is 23.7 Å². The molecule has 0 fully saturated rings. The van der Waals surface area contributed by atoms with E-state index in [1.54, 1.807) is 5.57 Å². The van der Waals surface area contributed by atoms with Gasteiger partial charge < -0.3 is 5.32 Å². The number of hydrogen-bond donors (Lipinski definition) is 1. The van der Waals surface area contributed by atoms with Gasteiger partial charge in [0.25, 0.3) is 0 Å². The molecule has 0 radical (unpaired) electrons. The average Bonchev–Trinajstić information content (AvgIpc) is 2.08. The van der Waals surface area contributed by atoms with Crippen LogP contribution in [-0.4, -0.2) is 13.1 Å². The smallest absolute Gasteiger partial charge is 0.00122 e. The molecule has 15 heavy (non-hydrogen) atoms. The zero-order valence-corrected chi connectivity index (χ0v) is 11.0. The molecule has 0 aromatic heterocycles. The van der Waals surface area contributed by atoms with Crippen LogP contribution >= 0.6 is 0 Å². The van der Waals surface area contributed by atoms with Gasteiger partial charge in [-0.1, -0.05) is 39.3 Å². The highest BCUT2D eigenvalue weighted by Gasteiger charge is 2.25. The van der Waals surface area contributed by atoms with Crippen molar-refractivity contribution in [2.45, 2.75) is 41.0 Å². The lowest BCUT2D eigenvalue weighted by atomic mass is 9.75. The molecule has 0 bridgehead atoms. The normalized spacial score (nSPS) is 31.9. The van der Waals surface area contributed by atoms with Crippen LogP contribution in [0.25, 0.3) is 0 Å². The topological polar surface area (TPSA) is 12.0 Å². The predicted molar refractivity (Wildman–Crippen MR) is 67.9 cm³/mol. The largest absolute Gasteiger partial charge is 0.316 e. The SMILES string of the molecule is CC1=C[C@H](C)[C@@H](CNCC(C)C)[C@@H](C)C1. The van der Waals surface area contributed by atoms with Crippen molar-refractivity contribution < 1.29 is 0 Å².